The van der Waals surface area contributed by atoms with Crippen molar-refractivity contribution in [3.05, 3.63) is 30.3 Å². The monoisotopic (exact) mass is 261 g/mol. The molecule has 1 aliphatic rings. The molecule has 0 radical (unpaired) electrons. The molecule has 1 fully saturated rings. The number of rotatable bonds is 5. The third kappa shape index (κ3) is 4.65. The fraction of sp³-hybridized carbons (Fsp3) is 0.533. The van der Waals surface area contributed by atoms with Gasteiger partial charge in [0.15, 0.2) is 0 Å². The van der Waals surface area contributed by atoms with Crippen molar-refractivity contribution in [3.8, 4) is 0 Å². The molecule has 1 aromatic rings. The van der Waals surface area contributed by atoms with Crippen molar-refractivity contribution in [1.29, 1.82) is 0 Å². The highest BCUT2D eigenvalue weighted by atomic mass is 16.2. The van der Waals surface area contributed by atoms with Crippen LogP contribution in [0.5, 0.6) is 0 Å². The molecule has 0 spiro atoms. The van der Waals surface area contributed by atoms with Crippen LogP contribution in [0.1, 0.15) is 19.3 Å². The van der Waals surface area contributed by atoms with Crippen LogP contribution in [-0.4, -0.2) is 37.0 Å². The summed E-state index contributed by atoms with van der Waals surface area (Å²) in [6.45, 7) is 3.24. The molecule has 1 amide bonds. The third-order valence-corrected chi connectivity index (χ3v) is 3.60. The average Bonchev–Trinajstić information content (AvgIpc) is 2.40. The first-order valence-corrected chi connectivity index (χ1v) is 7.05. The molecule has 0 aromatic heterocycles. The molecule has 4 nitrogen and oxygen atoms in total. The summed E-state index contributed by atoms with van der Waals surface area (Å²) in [5.74, 6) is 0.725. The number of nitrogens with zero attached hydrogens (tertiary/aromatic N) is 1. The lowest BCUT2D eigenvalue weighted by atomic mass is 9.95. The molecule has 1 aromatic carbocycles. The molecule has 2 rings (SSSR count). The molecule has 1 unspecified atom stereocenters. The molecule has 0 saturated carbocycles. The Hall–Kier alpha value is -1.39. The molecule has 4 heteroatoms. The highest BCUT2D eigenvalue weighted by molar-refractivity contribution is 5.92. The van der Waals surface area contributed by atoms with Gasteiger partial charge in [-0.1, -0.05) is 18.2 Å². The summed E-state index contributed by atoms with van der Waals surface area (Å²) >= 11 is 0. The topological polar surface area (TPSA) is 58.4 Å². The van der Waals surface area contributed by atoms with Crippen molar-refractivity contribution < 1.29 is 4.79 Å². The molecule has 0 bridgehead atoms. The van der Waals surface area contributed by atoms with Crippen LogP contribution < -0.4 is 11.1 Å². The smallest absolute Gasteiger partial charge is 0.238 e. The van der Waals surface area contributed by atoms with Crippen LogP contribution in [0.15, 0.2) is 30.3 Å². The summed E-state index contributed by atoms with van der Waals surface area (Å²) in [4.78, 5) is 14.2. The fourth-order valence-electron chi connectivity index (χ4n) is 2.69. The maximum absolute atomic E-state index is 12.0. The van der Waals surface area contributed by atoms with Gasteiger partial charge >= 0.3 is 0 Å². The van der Waals surface area contributed by atoms with Gasteiger partial charge in [0.1, 0.15) is 0 Å². The third-order valence-electron chi connectivity index (χ3n) is 3.60. The molecular formula is C15H23N3O. The standard InChI is InChI=1S/C15H23N3O/c16-9-8-13-5-4-10-18(11-13)12-15(19)17-14-6-2-1-3-7-14/h1-3,6-7,13H,4-5,8-12,16H2,(H,17,19). The SMILES string of the molecule is NCCC1CCCN(CC(=O)Nc2ccccc2)C1. The predicted octanol–water partition coefficient (Wildman–Crippen LogP) is 1.69. The van der Waals surface area contributed by atoms with Crippen LogP contribution >= 0.6 is 0 Å². The van der Waals surface area contributed by atoms with Crippen molar-refractivity contribution in [2.45, 2.75) is 19.3 Å². The summed E-state index contributed by atoms with van der Waals surface area (Å²) in [6, 6.07) is 9.61. The van der Waals surface area contributed by atoms with E-state index in [2.05, 4.69) is 10.2 Å². The van der Waals surface area contributed by atoms with Crippen LogP contribution in [0.25, 0.3) is 0 Å². The van der Waals surface area contributed by atoms with E-state index in [4.69, 9.17) is 5.73 Å². The van der Waals surface area contributed by atoms with E-state index in [1.165, 1.54) is 12.8 Å². The number of likely N-dealkylation sites (tertiary alicyclic amines) is 1. The minimum atomic E-state index is 0.0691. The fourth-order valence-corrected chi connectivity index (χ4v) is 2.69. The van der Waals surface area contributed by atoms with Gasteiger partial charge < -0.3 is 11.1 Å². The van der Waals surface area contributed by atoms with E-state index in [0.29, 0.717) is 12.5 Å². The molecule has 1 heterocycles. The summed E-state index contributed by atoms with van der Waals surface area (Å²) in [5.41, 5.74) is 6.47. The maximum Gasteiger partial charge on any atom is 0.238 e. The number of anilines is 1. The largest absolute Gasteiger partial charge is 0.330 e. The van der Waals surface area contributed by atoms with E-state index in [1.54, 1.807) is 0 Å². The molecule has 1 saturated heterocycles. The second kappa shape index (κ2) is 7.26. The van der Waals surface area contributed by atoms with E-state index in [9.17, 15) is 4.79 Å². The van der Waals surface area contributed by atoms with Gasteiger partial charge in [0, 0.05) is 12.2 Å². The Morgan fingerprint density at radius 1 is 1.37 bits per heavy atom. The van der Waals surface area contributed by atoms with Crippen molar-refractivity contribution in [2.75, 3.05) is 31.5 Å². The van der Waals surface area contributed by atoms with Crippen LogP contribution in [0.4, 0.5) is 5.69 Å². The van der Waals surface area contributed by atoms with Crippen LogP contribution in [0, 0.1) is 5.92 Å². The van der Waals surface area contributed by atoms with Crippen molar-refractivity contribution in [1.82, 2.24) is 4.90 Å². The summed E-state index contributed by atoms with van der Waals surface area (Å²) < 4.78 is 0. The van der Waals surface area contributed by atoms with Gasteiger partial charge in [-0.3, -0.25) is 9.69 Å². The van der Waals surface area contributed by atoms with Crippen LogP contribution in [0.2, 0.25) is 0 Å². The van der Waals surface area contributed by atoms with E-state index in [-0.39, 0.29) is 5.91 Å². The number of amides is 1. The number of carbonyl (C=O) groups is 1. The molecule has 1 atom stereocenters. The van der Waals surface area contributed by atoms with E-state index >= 15 is 0 Å². The first-order chi connectivity index (χ1) is 9.28. The summed E-state index contributed by atoms with van der Waals surface area (Å²) in [6.07, 6.45) is 3.48. The predicted molar refractivity (Wildman–Crippen MR) is 77.9 cm³/mol. The van der Waals surface area contributed by atoms with Gasteiger partial charge in [0.05, 0.1) is 6.54 Å². The zero-order valence-electron chi connectivity index (χ0n) is 11.3. The van der Waals surface area contributed by atoms with Gasteiger partial charge in [-0.25, -0.2) is 0 Å². The molecule has 3 N–H and O–H groups in total. The number of piperidine rings is 1. The number of hydrogen-bond acceptors (Lipinski definition) is 3. The number of carbonyl (C=O) groups excluding carboxylic acids is 1. The molecule has 0 aliphatic carbocycles. The first kappa shape index (κ1) is 14.0. The van der Waals surface area contributed by atoms with Crippen molar-refractivity contribution in [3.63, 3.8) is 0 Å². The second-order valence-electron chi connectivity index (χ2n) is 5.23. The second-order valence-corrected chi connectivity index (χ2v) is 5.23. The Labute approximate surface area is 115 Å². The Kier molecular flexibility index (Phi) is 5.36. The Bertz CT molecular complexity index is 392. The van der Waals surface area contributed by atoms with Gasteiger partial charge in [-0.2, -0.15) is 0 Å². The normalized spacial score (nSPS) is 20.2. The first-order valence-electron chi connectivity index (χ1n) is 7.05. The van der Waals surface area contributed by atoms with Gasteiger partial charge in [-0.15, -0.1) is 0 Å². The average molecular weight is 261 g/mol. The number of hydrogen-bond donors (Lipinski definition) is 2. The lowest BCUT2D eigenvalue weighted by Gasteiger charge is -2.32. The van der Waals surface area contributed by atoms with Crippen molar-refractivity contribution >= 4 is 11.6 Å². The quantitative estimate of drug-likeness (QED) is 0.848. The lowest BCUT2D eigenvalue weighted by molar-refractivity contribution is -0.117. The summed E-state index contributed by atoms with van der Waals surface area (Å²) in [7, 11) is 0. The van der Waals surface area contributed by atoms with Crippen LogP contribution in [0.3, 0.4) is 0 Å². The Morgan fingerprint density at radius 3 is 2.89 bits per heavy atom. The lowest BCUT2D eigenvalue weighted by Crippen LogP contribution is -2.40. The molecule has 104 valence electrons. The van der Waals surface area contributed by atoms with Gasteiger partial charge in [0.25, 0.3) is 0 Å². The van der Waals surface area contributed by atoms with E-state index in [0.717, 1.165) is 31.7 Å². The van der Waals surface area contributed by atoms with Gasteiger partial charge in [-0.05, 0) is 50.4 Å². The van der Waals surface area contributed by atoms with E-state index in [1.807, 2.05) is 30.3 Å². The molecular weight excluding hydrogens is 238 g/mol. The van der Waals surface area contributed by atoms with Crippen LogP contribution in [-0.2, 0) is 4.79 Å². The number of nitrogens with two attached hydrogens (primary N) is 1. The minimum Gasteiger partial charge on any atom is -0.330 e. The summed E-state index contributed by atoms with van der Waals surface area (Å²) in [5, 5.41) is 2.93. The number of nitrogens with one attached hydrogen (secondary N) is 1. The zero-order chi connectivity index (χ0) is 13.5. The maximum atomic E-state index is 12.0. The zero-order valence-corrected chi connectivity index (χ0v) is 11.3. The number of para-hydroxylation sites is 1. The van der Waals surface area contributed by atoms with Crippen molar-refractivity contribution in [2.24, 2.45) is 11.7 Å². The van der Waals surface area contributed by atoms with Gasteiger partial charge in [0.2, 0.25) is 5.91 Å². The van der Waals surface area contributed by atoms with E-state index < -0.39 is 0 Å². The number of benzene rings is 1. The highest BCUT2D eigenvalue weighted by Gasteiger charge is 2.20. The highest BCUT2D eigenvalue weighted by Crippen LogP contribution is 2.18. The Morgan fingerprint density at radius 2 is 2.16 bits per heavy atom. The minimum absolute atomic E-state index is 0.0691. The molecule has 1 aliphatic heterocycles. The Balaban J connectivity index is 1.78. The molecule has 19 heavy (non-hydrogen) atoms.